The van der Waals surface area contributed by atoms with E-state index in [9.17, 15) is 0 Å². The van der Waals surface area contributed by atoms with Crippen LogP contribution in [0.2, 0.25) is 5.15 Å². The zero-order chi connectivity index (χ0) is 10.8. The number of aryl methyl sites for hydroxylation is 1. The highest BCUT2D eigenvalue weighted by Crippen LogP contribution is 2.25. The Morgan fingerprint density at radius 3 is 2.93 bits per heavy atom. The molecule has 4 heteroatoms. The van der Waals surface area contributed by atoms with Gasteiger partial charge in [0.15, 0.2) is 0 Å². The van der Waals surface area contributed by atoms with Crippen LogP contribution in [-0.4, -0.2) is 35.0 Å². The Hall–Kier alpha value is -0.670. The fourth-order valence-electron chi connectivity index (χ4n) is 2.17. The van der Waals surface area contributed by atoms with E-state index in [2.05, 4.69) is 21.9 Å². The molecule has 15 heavy (non-hydrogen) atoms. The highest BCUT2D eigenvalue weighted by atomic mass is 35.5. The molecular formula is C11H16ClN3. The van der Waals surface area contributed by atoms with Crippen LogP contribution in [0.15, 0.2) is 6.07 Å². The number of hydrogen-bond donors (Lipinski definition) is 0. The molecule has 0 bridgehead atoms. The van der Waals surface area contributed by atoms with E-state index >= 15 is 0 Å². The van der Waals surface area contributed by atoms with Crippen molar-refractivity contribution < 1.29 is 0 Å². The van der Waals surface area contributed by atoms with Crippen LogP contribution in [0.5, 0.6) is 0 Å². The Kier molecular flexibility index (Phi) is 3.22. The molecule has 1 atom stereocenters. The number of rotatable bonds is 1. The number of nitrogens with zero attached hydrogens (tertiary/aromatic N) is 3. The summed E-state index contributed by atoms with van der Waals surface area (Å²) in [6.45, 7) is 4.16. The van der Waals surface area contributed by atoms with Crippen molar-refractivity contribution in [1.82, 2.24) is 14.9 Å². The maximum Gasteiger partial charge on any atom is 0.133 e. The lowest BCUT2D eigenvalue weighted by molar-refractivity contribution is 0.248. The second-order valence-corrected chi connectivity index (χ2v) is 4.65. The molecule has 82 valence electrons. The molecule has 0 amide bonds. The highest BCUT2D eigenvalue weighted by Gasteiger charge is 2.20. The SMILES string of the molecule is Cc1nc(Cl)cc(C2CCCN(C)C2)n1. The number of piperidine rings is 1. The lowest BCUT2D eigenvalue weighted by Gasteiger charge is -2.29. The van der Waals surface area contributed by atoms with Gasteiger partial charge in [0.1, 0.15) is 11.0 Å². The van der Waals surface area contributed by atoms with E-state index in [1.165, 1.54) is 19.4 Å². The minimum absolute atomic E-state index is 0.517. The van der Waals surface area contributed by atoms with Gasteiger partial charge in [0.25, 0.3) is 0 Å². The third-order valence-electron chi connectivity index (χ3n) is 2.87. The first-order valence-corrected chi connectivity index (χ1v) is 5.72. The van der Waals surface area contributed by atoms with Gasteiger partial charge in [-0.05, 0) is 39.4 Å². The molecule has 1 aromatic rings. The van der Waals surface area contributed by atoms with E-state index in [1.54, 1.807) is 0 Å². The number of hydrogen-bond acceptors (Lipinski definition) is 3. The molecule has 1 saturated heterocycles. The van der Waals surface area contributed by atoms with E-state index in [1.807, 2.05) is 13.0 Å². The summed E-state index contributed by atoms with van der Waals surface area (Å²) in [4.78, 5) is 10.9. The van der Waals surface area contributed by atoms with Crippen LogP contribution in [0.25, 0.3) is 0 Å². The van der Waals surface area contributed by atoms with Crippen LogP contribution in [-0.2, 0) is 0 Å². The molecule has 1 unspecified atom stereocenters. The van der Waals surface area contributed by atoms with Gasteiger partial charge in [-0.15, -0.1) is 0 Å². The molecule has 1 fully saturated rings. The van der Waals surface area contributed by atoms with Gasteiger partial charge >= 0.3 is 0 Å². The average Bonchev–Trinajstić information content (AvgIpc) is 2.16. The van der Waals surface area contributed by atoms with Gasteiger partial charge in [-0.3, -0.25) is 0 Å². The molecule has 0 saturated carbocycles. The quantitative estimate of drug-likeness (QED) is 0.687. The minimum atomic E-state index is 0.517. The Balaban J connectivity index is 2.20. The van der Waals surface area contributed by atoms with Gasteiger partial charge in [0, 0.05) is 18.2 Å². The van der Waals surface area contributed by atoms with E-state index in [0.717, 1.165) is 18.1 Å². The second-order valence-electron chi connectivity index (χ2n) is 4.26. The molecule has 2 heterocycles. The molecule has 1 aliphatic heterocycles. The topological polar surface area (TPSA) is 29.0 Å². The summed E-state index contributed by atoms with van der Waals surface area (Å²) in [5.74, 6) is 1.29. The largest absolute Gasteiger partial charge is 0.306 e. The van der Waals surface area contributed by atoms with Crippen LogP contribution in [0, 0.1) is 6.92 Å². The van der Waals surface area contributed by atoms with Crippen LogP contribution < -0.4 is 0 Å². The Morgan fingerprint density at radius 2 is 2.27 bits per heavy atom. The summed E-state index contributed by atoms with van der Waals surface area (Å²) in [7, 11) is 2.15. The van der Waals surface area contributed by atoms with Gasteiger partial charge in [0.2, 0.25) is 0 Å². The van der Waals surface area contributed by atoms with Crippen LogP contribution >= 0.6 is 11.6 Å². The molecule has 0 radical (unpaired) electrons. The van der Waals surface area contributed by atoms with Gasteiger partial charge in [0.05, 0.1) is 0 Å². The van der Waals surface area contributed by atoms with Gasteiger partial charge < -0.3 is 4.90 Å². The first kappa shape index (κ1) is 10.8. The Labute approximate surface area is 95.5 Å². The lowest BCUT2D eigenvalue weighted by atomic mass is 9.95. The summed E-state index contributed by atoms with van der Waals surface area (Å²) in [6, 6.07) is 1.90. The summed E-state index contributed by atoms with van der Waals surface area (Å²) < 4.78 is 0. The fourth-order valence-corrected chi connectivity index (χ4v) is 2.40. The standard InChI is InChI=1S/C11H16ClN3/c1-8-13-10(6-11(12)14-8)9-4-3-5-15(2)7-9/h6,9H,3-5,7H2,1-2H3. The van der Waals surface area contributed by atoms with Crippen molar-refractivity contribution in [3.8, 4) is 0 Å². The molecule has 3 nitrogen and oxygen atoms in total. The maximum atomic E-state index is 5.94. The predicted molar refractivity (Wildman–Crippen MR) is 61.3 cm³/mol. The Bertz CT molecular complexity index is 333. The number of aromatic nitrogens is 2. The fraction of sp³-hybridized carbons (Fsp3) is 0.636. The third kappa shape index (κ3) is 2.67. The smallest absolute Gasteiger partial charge is 0.133 e. The zero-order valence-corrected chi connectivity index (χ0v) is 9.96. The molecule has 1 aliphatic rings. The van der Waals surface area contributed by atoms with Gasteiger partial charge in [-0.1, -0.05) is 11.6 Å². The maximum absolute atomic E-state index is 5.94. The molecule has 0 N–H and O–H groups in total. The van der Waals surface area contributed by atoms with Gasteiger partial charge in [-0.2, -0.15) is 0 Å². The van der Waals surface area contributed by atoms with E-state index < -0.39 is 0 Å². The van der Waals surface area contributed by atoms with Crippen molar-refractivity contribution in [2.75, 3.05) is 20.1 Å². The normalized spacial score (nSPS) is 23.0. The van der Waals surface area contributed by atoms with Gasteiger partial charge in [-0.25, -0.2) is 9.97 Å². The van der Waals surface area contributed by atoms with Crippen molar-refractivity contribution in [2.24, 2.45) is 0 Å². The second kappa shape index (κ2) is 4.45. The van der Waals surface area contributed by atoms with Crippen LogP contribution in [0.4, 0.5) is 0 Å². The molecule has 1 aromatic heterocycles. The van der Waals surface area contributed by atoms with Crippen molar-refractivity contribution >= 4 is 11.6 Å². The molecular weight excluding hydrogens is 210 g/mol. The monoisotopic (exact) mass is 225 g/mol. The summed E-state index contributed by atoms with van der Waals surface area (Å²) >= 11 is 5.94. The number of likely N-dealkylation sites (tertiary alicyclic amines) is 1. The van der Waals surface area contributed by atoms with Crippen molar-refractivity contribution in [3.63, 3.8) is 0 Å². The molecule has 0 spiro atoms. The average molecular weight is 226 g/mol. The number of halogens is 1. The third-order valence-corrected chi connectivity index (χ3v) is 3.06. The van der Waals surface area contributed by atoms with E-state index in [4.69, 9.17) is 11.6 Å². The molecule has 0 aliphatic carbocycles. The highest BCUT2D eigenvalue weighted by molar-refractivity contribution is 6.29. The summed E-state index contributed by atoms with van der Waals surface area (Å²) in [5.41, 5.74) is 1.10. The first-order valence-electron chi connectivity index (χ1n) is 5.35. The number of likely N-dealkylation sites (N-methyl/N-ethyl adjacent to an activating group) is 1. The molecule has 0 aromatic carbocycles. The van der Waals surface area contributed by atoms with E-state index in [-0.39, 0.29) is 0 Å². The van der Waals surface area contributed by atoms with E-state index in [0.29, 0.717) is 11.1 Å². The van der Waals surface area contributed by atoms with Crippen molar-refractivity contribution in [1.29, 1.82) is 0 Å². The Morgan fingerprint density at radius 1 is 1.47 bits per heavy atom. The molecule has 2 rings (SSSR count). The van der Waals surface area contributed by atoms with Crippen molar-refractivity contribution in [2.45, 2.75) is 25.7 Å². The van der Waals surface area contributed by atoms with Crippen molar-refractivity contribution in [3.05, 3.63) is 22.7 Å². The van der Waals surface area contributed by atoms with Crippen LogP contribution in [0.1, 0.15) is 30.3 Å². The first-order chi connectivity index (χ1) is 7.15. The summed E-state index contributed by atoms with van der Waals surface area (Å²) in [6.07, 6.45) is 2.44. The zero-order valence-electron chi connectivity index (χ0n) is 9.20. The lowest BCUT2D eigenvalue weighted by Crippen LogP contribution is -2.31. The van der Waals surface area contributed by atoms with Crippen LogP contribution in [0.3, 0.4) is 0 Å². The summed E-state index contributed by atoms with van der Waals surface area (Å²) in [5, 5.41) is 0.561. The minimum Gasteiger partial charge on any atom is -0.306 e. The predicted octanol–water partition coefficient (Wildman–Crippen LogP) is 2.25.